The molecule has 248 valence electrons. The fraction of sp³-hybridized carbons (Fsp3) is 0.484. The predicted octanol–water partition coefficient (Wildman–Crippen LogP) is 5.60. The topological polar surface area (TPSA) is 158 Å². The maximum atomic E-state index is 13.5. The quantitative estimate of drug-likeness (QED) is 0.134. The normalized spacial score (nSPS) is 15.9. The lowest BCUT2D eigenvalue weighted by Crippen LogP contribution is -2.44. The third kappa shape index (κ3) is 9.86. The van der Waals surface area contributed by atoms with Crippen LogP contribution in [0.4, 0.5) is 9.57 Å². The van der Waals surface area contributed by atoms with Gasteiger partial charge in [-0.25, -0.2) is 13.9 Å². The zero-order valence-corrected chi connectivity index (χ0v) is 28.0. The number of amides is 2. The smallest absolute Gasteiger partial charge is 0.255 e. The number of benzene rings is 1. The van der Waals surface area contributed by atoms with E-state index in [9.17, 15) is 13.5 Å². The minimum Gasteiger partial charge on any atom is -0.382 e. The van der Waals surface area contributed by atoms with Crippen LogP contribution in [0.15, 0.2) is 30.6 Å². The lowest BCUT2D eigenvalue weighted by molar-refractivity contribution is -0.159. The molecule has 12 nitrogen and oxygen atoms in total. The summed E-state index contributed by atoms with van der Waals surface area (Å²) in [6.45, 7) is 10.5. The zero-order chi connectivity index (χ0) is 33.6. The number of anilines is 1. The van der Waals surface area contributed by atoms with Crippen LogP contribution in [0.25, 0.3) is 11.2 Å². The highest BCUT2D eigenvalue weighted by Crippen LogP contribution is 2.27. The second-order valence-corrected chi connectivity index (χ2v) is 11.5. The van der Waals surface area contributed by atoms with Crippen molar-refractivity contribution in [2.24, 2.45) is 5.92 Å². The number of nitriles is 1. The van der Waals surface area contributed by atoms with E-state index < -0.39 is 5.91 Å². The summed E-state index contributed by atoms with van der Waals surface area (Å²) < 4.78 is 26.0. The fourth-order valence-electron chi connectivity index (χ4n) is 4.56. The highest BCUT2D eigenvalue weighted by atomic mass is 35.5. The van der Waals surface area contributed by atoms with Gasteiger partial charge in [0, 0.05) is 54.8 Å². The molecule has 3 aromatic rings. The molecule has 4 heterocycles. The molecule has 0 aliphatic carbocycles. The van der Waals surface area contributed by atoms with Crippen LogP contribution in [0, 0.1) is 22.7 Å². The van der Waals surface area contributed by atoms with Crippen LogP contribution >= 0.6 is 23.9 Å². The number of hydrogen-bond donors (Lipinski definition) is 3. The van der Waals surface area contributed by atoms with E-state index in [4.69, 9.17) is 31.7 Å². The molecule has 0 bridgehead atoms. The first-order valence-electron chi connectivity index (χ1n) is 15.2. The molecule has 0 saturated carbocycles. The number of aromatic nitrogens is 3. The fourth-order valence-corrected chi connectivity index (χ4v) is 5.08. The van der Waals surface area contributed by atoms with Gasteiger partial charge in [-0.1, -0.05) is 25.4 Å². The number of ether oxygens (including phenoxy) is 2. The number of halogens is 2. The molecular weight excluding hydrogens is 635 g/mol. The lowest BCUT2D eigenvalue weighted by atomic mass is 10.0. The van der Waals surface area contributed by atoms with E-state index in [0.717, 1.165) is 29.6 Å². The van der Waals surface area contributed by atoms with E-state index in [1.54, 1.807) is 23.1 Å². The molecule has 2 amide bonds. The molecule has 2 aromatic heterocycles. The van der Waals surface area contributed by atoms with E-state index in [2.05, 4.69) is 26.7 Å². The van der Waals surface area contributed by atoms with Gasteiger partial charge in [0.1, 0.15) is 11.2 Å². The number of rotatable bonds is 11. The van der Waals surface area contributed by atoms with Gasteiger partial charge >= 0.3 is 0 Å². The molecule has 3 N–H and O–H groups in total. The zero-order valence-electron chi connectivity index (χ0n) is 26.4. The molecule has 5 rings (SSSR count). The largest absolute Gasteiger partial charge is 0.382 e. The van der Waals surface area contributed by atoms with Gasteiger partial charge in [0.25, 0.3) is 5.91 Å². The Labute approximate surface area is 277 Å². The maximum Gasteiger partial charge on any atom is 0.255 e. The Morgan fingerprint density at radius 1 is 1.33 bits per heavy atom. The summed E-state index contributed by atoms with van der Waals surface area (Å²) in [6.07, 6.45) is 6.36. The molecule has 0 spiro atoms. The van der Waals surface area contributed by atoms with Gasteiger partial charge in [0.2, 0.25) is 6.41 Å². The van der Waals surface area contributed by atoms with Gasteiger partial charge in [-0.2, -0.15) is 5.26 Å². The van der Waals surface area contributed by atoms with Gasteiger partial charge < -0.3 is 25.0 Å². The van der Waals surface area contributed by atoms with Crippen LogP contribution in [0.3, 0.4) is 0 Å². The second-order valence-electron chi connectivity index (χ2n) is 10.5. The van der Waals surface area contributed by atoms with Crippen LogP contribution in [-0.4, -0.2) is 82.0 Å². The summed E-state index contributed by atoms with van der Waals surface area (Å²) in [7, 11) is 0. The summed E-state index contributed by atoms with van der Waals surface area (Å²) in [5.41, 5.74) is 2.10. The molecule has 1 aromatic carbocycles. The van der Waals surface area contributed by atoms with E-state index in [0.29, 0.717) is 49.1 Å². The number of nitrogens with one attached hydrogen (secondary N) is 3. The Morgan fingerprint density at radius 2 is 2.09 bits per heavy atom. The molecule has 0 radical (unpaired) electrons. The molecule has 2 saturated heterocycles. The Balaban J connectivity index is 0.000000496. The third-order valence-corrected chi connectivity index (χ3v) is 7.47. The van der Waals surface area contributed by atoms with Crippen molar-refractivity contribution in [1.29, 1.82) is 10.7 Å². The molecule has 2 aliphatic heterocycles. The summed E-state index contributed by atoms with van der Waals surface area (Å²) in [5, 5.41) is 23.6. The number of nitrogens with zero attached hydrogens (tertiary/aromatic N) is 5. The molecule has 15 heteroatoms. The Kier molecular flexibility index (Phi) is 14.7. The molecule has 1 atom stereocenters. The van der Waals surface area contributed by atoms with E-state index in [1.807, 2.05) is 27.7 Å². The molecule has 46 heavy (non-hydrogen) atoms. The van der Waals surface area contributed by atoms with Crippen molar-refractivity contribution in [2.75, 3.05) is 38.2 Å². The van der Waals surface area contributed by atoms with Gasteiger partial charge in [-0.3, -0.25) is 15.0 Å². The molecule has 2 fully saturated rings. The number of carbonyl (C=O) groups is 2. The minimum atomic E-state index is -0.392. The van der Waals surface area contributed by atoms with Crippen LogP contribution < -0.4 is 10.6 Å². The highest BCUT2D eigenvalue weighted by Gasteiger charge is 2.24. The number of carbonyl (C=O) groups excluding carboxylic acids is 2. The van der Waals surface area contributed by atoms with Crippen molar-refractivity contribution in [3.8, 4) is 6.07 Å². The average molecular weight is 675 g/mol. The Morgan fingerprint density at radius 3 is 2.72 bits per heavy atom. The van der Waals surface area contributed by atoms with Gasteiger partial charge in [0.15, 0.2) is 24.3 Å². The third-order valence-electron chi connectivity index (χ3n) is 6.81. The molecule has 2 aliphatic rings. The van der Waals surface area contributed by atoms with Crippen molar-refractivity contribution >= 4 is 58.8 Å². The van der Waals surface area contributed by atoms with E-state index >= 15 is 0 Å². The summed E-state index contributed by atoms with van der Waals surface area (Å²) >= 11 is 6.15. The van der Waals surface area contributed by atoms with Gasteiger partial charge in [-0.15, -0.1) is 3.89 Å². The Hall–Kier alpha value is -3.77. The first kappa shape index (κ1) is 36.7. The maximum absolute atomic E-state index is 13.5. The first-order valence-corrected chi connectivity index (χ1v) is 16.2. The highest BCUT2D eigenvalue weighted by molar-refractivity contribution is 7.92. The number of fused-ring (bicyclic) bond motifs is 1. The summed E-state index contributed by atoms with van der Waals surface area (Å²) in [5.74, 6) is -0.295. The lowest BCUT2D eigenvalue weighted by Gasteiger charge is -2.31. The van der Waals surface area contributed by atoms with Crippen molar-refractivity contribution in [3.63, 3.8) is 0 Å². The van der Waals surface area contributed by atoms with E-state index in [1.165, 1.54) is 12.4 Å². The Bertz CT molecular complexity index is 1520. The SMILES string of the molecule is CC.CC(C)NC(=O)c1cn(SF)c2ncc(C(=N)c3ccc(Cl)cc3NCCOC3CCCCO3)nc12.N#CC1CN(C=O)C1. The second kappa shape index (κ2) is 18.4. The number of hydrogen-bond acceptors (Lipinski definition) is 10. The average Bonchev–Trinajstić information content (AvgIpc) is 3.42. The van der Waals surface area contributed by atoms with Crippen molar-refractivity contribution in [2.45, 2.75) is 59.3 Å². The van der Waals surface area contributed by atoms with Crippen LogP contribution in [-0.2, 0) is 14.3 Å². The van der Waals surface area contributed by atoms with E-state index in [-0.39, 0.29) is 58.7 Å². The van der Waals surface area contributed by atoms with Crippen molar-refractivity contribution < 1.29 is 22.9 Å². The summed E-state index contributed by atoms with van der Waals surface area (Å²) in [4.78, 5) is 32.9. The van der Waals surface area contributed by atoms with Crippen LogP contribution in [0.5, 0.6) is 0 Å². The molecular formula is C31H40ClFN8O4S. The predicted molar refractivity (Wildman–Crippen MR) is 178 cm³/mol. The molecule has 1 unspecified atom stereocenters. The number of likely N-dealkylation sites (tertiary alicyclic amines) is 1. The monoisotopic (exact) mass is 674 g/mol. The summed E-state index contributed by atoms with van der Waals surface area (Å²) in [6, 6.07) is 7.09. The first-order chi connectivity index (χ1) is 22.2. The van der Waals surface area contributed by atoms with Crippen molar-refractivity contribution in [3.05, 3.63) is 52.4 Å². The van der Waals surface area contributed by atoms with Gasteiger partial charge in [-0.05, 0) is 51.3 Å². The standard InChI is InChI=1S/C24H28ClFN6O3S.C5H6N2O.C2H6/c1-14(2)30-24(33)17-13-32(36-26)23-22(17)31-19(12-29-23)21(27)16-7-6-15(25)11-18(16)28-8-10-35-20-5-3-4-9-34-20;6-1-5-2-7(3-5)4-8;1-2/h6-7,11-14,20,27-28H,3-5,8-10H2,1-2H3,(H,30,33);4-5H,2-3H2;1-2H3. The van der Waals surface area contributed by atoms with Crippen molar-refractivity contribution in [1.82, 2.24) is 24.2 Å². The van der Waals surface area contributed by atoms with Crippen LogP contribution in [0.2, 0.25) is 5.02 Å². The minimum absolute atomic E-state index is 0.0735. The van der Waals surface area contributed by atoms with Gasteiger partial charge in [0.05, 0.1) is 36.1 Å². The van der Waals surface area contributed by atoms with Crippen LogP contribution in [0.1, 0.15) is 68.6 Å².